The fourth-order valence-corrected chi connectivity index (χ4v) is 2.82. The number of hydrogen-bond donors (Lipinski definition) is 3. The largest absolute Gasteiger partial charge is 0.361 e. The van der Waals surface area contributed by atoms with E-state index in [1.165, 1.54) is 11.6 Å². The molecule has 0 spiro atoms. The van der Waals surface area contributed by atoms with Gasteiger partial charge in [0.15, 0.2) is 5.96 Å². The average molecular weight is 342 g/mol. The van der Waals surface area contributed by atoms with Gasteiger partial charge in [0, 0.05) is 50.5 Å². The molecule has 132 valence electrons. The van der Waals surface area contributed by atoms with E-state index >= 15 is 0 Å². The van der Waals surface area contributed by atoms with Crippen LogP contribution in [0, 0.1) is 5.82 Å². The van der Waals surface area contributed by atoms with Crippen LogP contribution in [0.15, 0.2) is 41.8 Å². The lowest BCUT2D eigenvalue weighted by molar-refractivity contribution is 0.629. The number of aliphatic imine (C=N–C) groups is 1. The fourth-order valence-electron chi connectivity index (χ4n) is 2.82. The highest BCUT2D eigenvalue weighted by Crippen LogP contribution is 2.19. The second-order valence-corrected chi connectivity index (χ2v) is 5.95. The van der Waals surface area contributed by atoms with Crippen molar-refractivity contribution in [3.8, 4) is 0 Å². The van der Waals surface area contributed by atoms with Gasteiger partial charge in [-0.1, -0.05) is 0 Å². The van der Waals surface area contributed by atoms with Gasteiger partial charge in [-0.25, -0.2) is 4.39 Å². The predicted octanol–water partition coefficient (Wildman–Crippen LogP) is 1.99. The molecule has 2 aromatic heterocycles. The zero-order valence-electron chi connectivity index (χ0n) is 14.5. The first-order valence-corrected chi connectivity index (χ1v) is 8.33. The molecule has 25 heavy (non-hydrogen) atoms. The van der Waals surface area contributed by atoms with E-state index in [-0.39, 0.29) is 5.82 Å². The zero-order valence-corrected chi connectivity index (χ0v) is 14.5. The number of nitrogens with one attached hydrogen (secondary N) is 3. The van der Waals surface area contributed by atoms with Gasteiger partial charge in [0.05, 0.1) is 6.20 Å². The molecule has 0 unspecified atom stereocenters. The molecule has 2 heterocycles. The van der Waals surface area contributed by atoms with Gasteiger partial charge in [-0.15, -0.1) is 0 Å². The summed E-state index contributed by atoms with van der Waals surface area (Å²) < 4.78 is 15.2. The molecule has 3 aromatic rings. The standard InChI is InChI=1S/C18H23FN6/c1-20-18(21-7-5-13-10-24-25(2)12-13)22-8-6-14-11-23-17-4-3-15(19)9-16(14)17/h3-4,9-12,23H,5-8H2,1-2H3,(H2,20,21,22). The number of aryl methyl sites for hydroxylation is 1. The molecule has 0 aliphatic heterocycles. The molecule has 3 rings (SSSR count). The number of guanidine groups is 1. The van der Waals surface area contributed by atoms with E-state index in [1.807, 2.05) is 25.6 Å². The van der Waals surface area contributed by atoms with Gasteiger partial charge in [-0.2, -0.15) is 5.10 Å². The van der Waals surface area contributed by atoms with Crippen molar-refractivity contribution in [2.45, 2.75) is 12.8 Å². The van der Waals surface area contributed by atoms with Crippen molar-refractivity contribution < 1.29 is 4.39 Å². The Balaban J connectivity index is 1.47. The summed E-state index contributed by atoms with van der Waals surface area (Å²) in [5.41, 5.74) is 3.23. The summed E-state index contributed by atoms with van der Waals surface area (Å²) >= 11 is 0. The summed E-state index contributed by atoms with van der Waals surface area (Å²) in [6.07, 6.45) is 7.48. The topological polar surface area (TPSA) is 70.0 Å². The third-order valence-electron chi connectivity index (χ3n) is 4.10. The van der Waals surface area contributed by atoms with Crippen molar-refractivity contribution in [2.75, 3.05) is 20.1 Å². The maximum atomic E-state index is 13.4. The Morgan fingerprint density at radius 2 is 2.08 bits per heavy atom. The highest BCUT2D eigenvalue weighted by atomic mass is 19.1. The minimum atomic E-state index is -0.214. The van der Waals surface area contributed by atoms with E-state index in [9.17, 15) is 4.39 Å². The van der Waals surface area contributed by atoms with Gasteiger partial charge in [-0.05, 0) is 42.2 Å². The SMILES string of the molecule is CN=C(NCCc1cnn(C)c1)NCCc1c[nH]c2ccc(F)cc12. The van der Waals surface area contributed by atoms with Crippen LogP contribution in [0.25, 0.3) is 10.9 Å². The number of nitrogens with zero attached hydrogens (tertiary/aromatic N) is 3. The van der Waals surface area contributed by atoms with E-state index in [0.29, 0.717) is 0 Å². The van der Waals surface area contributed by atoms with E-state index in [2.05, 4.69) is 25.7 Å². The fraction of sp³-hybridized carbons (Fsp3) is 0.333. The second-order valence-electron chi connectivity index (χ2n) is 5.95. The quantitative estimate of drug-likeness (QED) is 0.474. The first-order valence-electron chi connectivity index (χ1n) is 8.33. The molecule has 0 saturated carbocycles. The smallest absolute Gasteiger partial charge is 0.190 e. The van der Waals surface area contributed by atoms with Crippen molar-refractivity contribution in [1.82, 2.24) is 25.4 Å². The maximum absolute atomic E-state index is 13.4. The number of H-pyrrole nitrogens is 1. The first-order chi connectivity index (χ1) is 12.2. The van der Waals surface area contributed by atoms with E-state index in [4.69, 9.17) is 0 Å². The Bertz CT molecular complexity index is 863. The number of hydrogen-bond acceptors (Lipinski definition) is 2. The zero-order chi connectivity index (χ0) is 17.6. The summed E-state index contributed by atoms with van der Waals surface area (Å²) in [4.78, 5) is 7.40. The first kappa shape index (κ1) is 17.0. The normalized spacial score (nSPS) is 11.9. The van der Waals surface area contributed by atoms with Crippen molar-refractivity contribution in [2.24, 2.45) is 12.0 Å². The van der Waals surface area contributed by atoms with Crippen molar-refractivity contribution in [1.29, 1.82) is 0 Å². The summed E-state index contributed by atoms with van der Waals surface area (Å²) in [5, 5.41) is 11.7. The van der Waals surface area contributed by atoms with Crippen LogP contribution in [-0.4, -0.2) is 40.9 Å². The number of benzene rings is 1. The van der Waals surface area contributed by atoms with Crippen molar-refractivity contribution >= 4 is 16.9 Å². The van der Waals surface area contributed by atoms with E-state index in [0.717, 1.165) is 48.4 Å². The van der Waals surface area contributed by atoms with Crippen LogP contribution in [0.4, 0.5) is 4.39 Å². The van der Waals surface area contributed by atoms with Crippen LogP contribution in [0.5, 0.6) is 0 Å². The Morgan fingerprint density at radius 1 is 1.28 bits per heavy atom. The number of aromatic nitrogens is 3. The molecule has 1 aromatic carbocycles. The molecule has 0 bridgehead atoms. The average Bonchev–Trinajstić information content (AvgIpc) is 3.19. The van der Waals surface area contributed by atoms with Crippen LogP contribution in [0.2, 0.25) is 0 Å². The lowest BCUT2D eigenvalue weighted by Gasteiger charge is -2.11. The van der Waals surface area contributed by atoms with Crippen molar-refractivity contribution in [3.05, 3.63) is 53.7 Å². The summed E-state index contributed by atoms with van der Waals surface area (Å²) in [6, 6.07) is 4.80. The van der Waals surface area contributed by atoms with Gasteiger partial charge in [0.25, 0.3) is 0 Å². The van der Waals surface area contributed by atoms with Crippen LogP contribution >= 0.6 is 0 Å². The van der Waals surface area contributed by atoms with Gasteiger partial charge < -0.3 is 15.6 Å². The molecular formula is C18H23FN6. The summed E-state index contributed by atoms with van der Waals surface area (Å²) in [5.74, 6) is 0.545. The molecule has 7 heteroatoms. The minimum Gasteiger partial charge on any atom is -0.361 e. The lowest BCUT2D eigenvalue weighted by atomic mass is 10.1. The molecule has 0 amide bonds. The van der Waals surface area contributed by atoms with Crippen LogP contribution in [0.1, 0.15) is 11.1 Å². The number of fused-ring (bicyclic) bond motifs is 1. The third kappa shape index (κ3) is 4.37. The lowest BCUT2D eigenvalue weighted by Crippen LogP contribution is -2.39. The molecule has 0 radical (unpaired) electrons. The van der Waals surface area contributed by atoms with E-state index < -0.39 is 0 Å². The van der Waals surface area contributed by atoms with Gasteiger partial charge in [0.2, 0.25) is 0 Å². The van der Waals surface area contributed by atoms with E-state index in [1.54, 1.807) is 23.9 Å². The van der Waals surface area contributed by atoms with Crippen LogP contribution in [0.3, 0.4) is 0 Å². The Kier molecular flexibility index (Phi) is 5.33. The summed E-state index contributed by atoms with van der Waals surface area (Å²) in [7, 11) is 3.66. The molecule has 0 fully saturated rings. The van der Waals surface area contributed by atoms with Gasteiger partial charge in [0.1, 0.15) is 5.82 Å². The number of halogens is 1. The molecule has 0 aliphatic carbocycles. The predicted molar refractivity (Wildman–Crippen MR) is 98.2 cm³/mol. The Morgan fingerprint density at radius 3 is 2.80 bits per heavy atom. The highest BCUT2D eigenvalue weighted by molar-refractivity contribution is 5.83. The maximum Gasteiger partial charge on any atom is 0.190 e. The third-order valence-corrected chi connectivity index (χ3v) is 4.10. The monoisotopic (exact) mass is 342 g/mol. The molecule has 0 aliphatic rings. The molecule has 3 N–H and O–H groups in total. The number of aromatic amines is 1. The Labute approximate surface area is 146 Å². The molecule has 0 saturated heterocycles. The minimum absolute atomic E-state index is 0.214. The molecule has 0 atom stereocenters. The second kappa shape index (κ2) is 7.83. The Hall–Kier alpha value is -2.83. The van der Waals surface area contributed by atoms with Crippen LogP contribution in [-0.2, 0) is 19.9 Å². The van der Waals surface area contributed by atoms with Gasteiger partial charge in [-0.3, -0.25) is 9.67 Å². The van der Waals surface area contributed by atoms with Crippen LogP contribution < -0.4 is 10.6 Å². The highest BCUT2D eigenvalue weighted by Gasteiger charge is 2.05. The molecule has 6 nitrogen and oxygen atoms in total. The van der Waals surface area contributed by atoms with Gasteiger partial charge >= 0.3 is 0 Å². The van der Waals surface area contributed by atoms with Crippen molar-refractivity contribution in [3.63, 3.8) is 0 Å². The summed E-state index contributed by atoms with van der Waals surface area (Å²) in [6.45, 7) is 1.50. The number of rotatable bonds is 6. The molecular weight excluding hydrogens is 319 g/mol.